The van der Waals surface area contributed by atoms with Crippen molar-refractivity contribution in [3.8, 4) is 27.6 Å². The number of thiophene rings is 1. The summed E-state index contributed by atoms with van der Waals surface area (Å²) in [5, 5.41) is 11.3. The fraction of sp³-hybridized carbons (Fsp3) is 0.364. The van der Waals surface area contributed by atoms with E-state index >= 15 is 0 Å². The molecule has 8 nitrogen and oxygen atoms in total. The quantitative estimate of drug-likeness (QED) is 0.198. The van der Waals surface area contributed by atoms with Crippen LogP contribution in [0.5, 0.6) is 5.75 Å². The summed E-state index contributed by atoms with van der Waals surface area (Å²) in [6, 6.07) is 16.2. The summed E-state index contributed by atoms with van der Waals surface area (Å²) in [6.07, 6.45) is 1.25. The van der Waals surface area contributed by atoms with E-state index in [2.05, 4.69) is 23.6 Å². The smallest absolute Gasteiger partial charge is 0.410 e. The number of amides is 1. The fourth-order valence-electron chi connectivity index (χ4n) is 5.09. The first kappa shape index (κ1) is 29.4. The number of carboxylic acids is 1. The van der Waals surface area contributed by atoms with Gasteiger partial charge in [-0.1, -0.05) is 38.1 Å². The van der Waals surface area contributed by atoms with E-state index in [0.717, 1.165) is 45.0 Å². The van der Waals surface area contributed by atoms with E-state index in [0.29, 0.717) is 51.5 Å². The van der Waals surface area contributed by atoms with Crippen molar-refractivity contribution < 1.29 is 28.6 Å². The third-order valence-corrected chi connectivity index (χ3v) is 8.20. The molecule has 0 bridgehead atoms. The highest BCUT2D eigenvalue weighted by atomic mass is 32.1. The lowest BCUT2D eigenvalue weighted by molar-refractivity contribution is -0.136. The summed E-state index contributed by atoms with van der Waals surface area (Å²) in [4.78, 5) is 31.6. The second kappa shape index (κ2) is 13.2. The van der Waals surface area contributed by atoms with E-state index in [1.165, 1.54) is 4.88 Å². The second-order valence-electron chi connectivity index (χ2n) is 10.9. The highest BCUT2D eigenvalue weighted by molar-refractivity contribution is 7.13. The van der Waals surface area contributed by atoms with Crippen LogP contribution in [0.2, 0.25) is 0 Å². The SMILES string of the molecule is Cc1oc(-c2cccc(-c3cccs3)c2)nc1CCOc1ccc(CCC(=O)O)c2c1CCN(C(=O)OCC(C)C)C2. The number of fused-ring (bicyclic) bond motifs is 1. The van der Waals surface area contributed by atoms with Crippen molar-refractivity contribution in [1.82, 2.24) is 9.88 Å². The third kappa shape index (κ3) is 7.02. The van der Waals surface area contributed by atoms with Crippen LogP contribution in [0.25, 0.3) is 21.9 Å². The van der Waals surface area contributed by atoms with Gasteiger partial charge in [0, 0.05) is 41.9 Å². The molecule has 0 saturated carbocycles. The van der Waals surface area contributed by atoms with Crippen molar-refractivity contribution in [3.63, 3.8) is 0 Å². The lowest BCUT2D eigenvalue weighted by Gasteiger charge is -2.31. The van der Waals surface area contributed by atoms with Crippen LogP contribution in [0.3, 0.4) is 0 Å². The number of aromatic nitrogens is 1. The molecule has 0 radical (unpaired) electrons. The Bertz CT molecular complexity index is 1540. The number of ether oxygens (including phenoxy) is 2. The van der Waals surface area contributed by atoms with Crippen molar-refractivity contribution in [1.29, 1.82) is 0 Å². The predicted octanol–water partition coefficient (Wildman–Crippen LogP) is 7.17. The maximum Gasteiger partial charge on any atom is 0.410 e. The highest BCUT2D eigenvalue weighted by Gasteiger charge is 2.27. The molecule has 0 atom stereocenters. The van der Waals surface area contributed by atoms with Crippen LogP contribution in [-0.2, 0) is 35.3 Å². The van der Waals surface area contributed by atoms with Crippen molar-refractivity contribution in [2.24, 2.45) is 5.92 Å². The molecule has 1 N–H and O–H groups in total. The van der Waals surface area contributed by atoms with E-state index in [4.69, 9.17) is 18.9 Å². The topological polar surface area (TPSA) is 102 Å². The number of aliphatic carboxylic acids is 1. The van der Waals surface area contributed by atoms with E-state index in [-0.39, 0.29) is 18.4 Å². The molecule has 0 saturated heterocycles. The Labute approximate surface area is 249 Å². The van der Waals surface area contributed by atoms with Crippen LogP contribution in [0.15, 0.2) is 58.3 Å². The van der Waals surface area contributed by atoms with Crippen molar-refractivity contribution in [2.45, 2.75) is 53.0 Å². The zero-order chi connectivity index (χ0) is 29.6. The number of carbonyl (C=O) groups is 2. The molecule has 2 aromatic carbocycles. The van der Waals surface area contributed by atoms with E-state index < -0.39 is 5.97 Å². The minimum absolute atomic E-state index is 0.0223. The average molecular weight is 589 g/mol. The summed E-state index contributed by atoms with van der Waals surface area (Å²) in [5.41, 5.74) is 5.80. The third-order valence-electron chi connectivity index (χ3n) is 7.28. The molecule has 42 heavy (non-hydrogen) atoms. The number of hydrogen-bond donors (Lipinski definition) is 1. The normalized spacial score (nSPS) is 12.8. The standard InChI is InChI=1S/C33H36N2O6S/c1-21(2)20-40-33(38)35-15-13-26-27(19-35)23(10-12-31(36)37)9-11-29(26)39-16-14-28-22(3)41-32(34-28)25-7-4-6-24(18-25)30-8-5-17-42-30/h4-9,11,17-18,21H,10,12-16,19-20H2,1-3H3,(H,36,37). The molecule has 1 amide bonds. The molecule has 220 valence electrons. The van der Waals surface area contributed by atoms with Crippen LogP contribution in [0.4, 0.5) is 4.79 Å². The Morgan fingerprint density at radius 3 is 2.69 bits per heavy atom. The predicted molar refractivity (Wildman–Crippen MR) is 162 cm³/mol. The Morgan fingerprint density at radius 1 is 1.10 bits per heavy atom. The van der Waals surface area contributed by atoms with Gasteiger partial charge in [0.25, 0.3) is 0 Å². The molecule has 0 unspecified atom stereocenters. The highest BCUT2D eigenvalue weighted by Crippen LogP contribution is 2.33. The maximum atomic E-state index is 12.7. The Balaban J connectivity index is 1.28. The lowest BCUT2D eigenvalue weighted by Crippen LogP contribution is -2.37. The van der Waals surface area contributed by atoms with Gasteiger partial charge in [-0.25, -0.2) is 9.78 Å². The fourth-order valence-corrected chi connectivity index (χ4v) is 5.82. The van der Waals surface area contributed by atoms with Gasteiger partial charge in [-0.2, -0.15) is 0 Å². The number of carboxylic acid groups (broad SMARTS) is 1. The molecular formula is C33H36N2O6S. The number of oxazole rings is 1. The number of nitrogens with zero attached hydrogens (tertiary/aromatic N) is 2. The molecular weight excluding hydrogens is 552 g/mol. The first-order valence-corrected chi connectivity index (χ1v) is 15.2. The van der Waals surface area contributed by atoms with Gasteiger partial charge in [-0.05, 0) is 72.0 Å². The average Bonchev–Trinajstić information content (AvgIpc) is 3.65. The Morgan fingerprint density at radius 2 is 1.93 bits per heavy atom. The van der Waals surface area contributed by atoms with E-state index in [1.54, 1.807) is 16.2 Å². The zero-order valence-corrected chi connectivity index (χ0v) is 25.0. The van der Waals surface area contributed by atoms with Crippen molar-refractivity contribution >= 4 is 23.4 Å². The van der Waals surface area contributed by atoms with Crippen molar-refractivity contribution in [2.75, 3.05) is 19.8 Å². The Kier molecular flexibility index (Phi) is 9.27. The summed E-state index contributed by atoms with van der Waals surface area (Å²) in [7, 11) is 0. The van der Waals surface area contributed by atoms with Crippen LogP contribution < -0.4 is 4.74 Å². The van der Waals surface area contributed by atoms with Gasteiger partial charge in [0.2, 0.25) is 5.89 Å². The van der Waals surface area contributed by atoms with Gasteiger partial charge in [-0.15, -0.1) is 11.3 Å². The Hall–Kier alpha value is -4.11. The van der Waals surface area contributed by atoms with Crippen LogP contribution in [0.1, 0.15) is 48.4 Å². The number of carbonyl (C=O) groups excluding carboxylic acids is 1. The molecule has 3 heterocycles. The largest absolute Gasteiger partial charge is 0.493 e. The first-order valence-electron chi connectivity index (χ1n) is 14.3. The number of rotatable bonds is 11. The lowest BCUT2D eigenvalue weighted by atomic mass is 9.92. The zero-order valence-electron chi connectivity index (χ0n) is 24.2. The van der Waals surface area contributed by atoms with Gasteiger partial charge in [-0.3, -0.25) is 4.79 Å². The van der Waals surface area contributed by atoms with Crippen LogP contribution in [0, 0.1) is 12.8 Å². The first-order chi connectivity index (χ1) is 20.3. The van der Waals surface area contributed by atoms with E-state index in [9.17, 15) is 14.7 Å². The minimum atomic E-state index is -0.853. The number of benzene rings is 2. The second-order valence-corrected chi connectivity index (χ2v) is 11.8. The molecule has 0 aliphatic carbocycles. The minimum Gasteiger partial charge on any atom is -0.493 e. The van der Waals surface area contributed by atoms with Crippen molar-refractivity contribution in [3.05, 3.63) is 82.1 Å². The molecule has 9 heteroatoms. The number of hydrogen-bond acceptors (Lipinski definition) is 7. The van der Waals surface area contributed by atoms with Gasteiger partial charge in [0.1, 0.15) is 11.5 Å². The maximum absolute atomic E-state index is 12.7. The monoisotopic (exact) mass is 588 g/mol. The summed E-state index contributed by atoms with van der Waals surface area (Å²) in [6.45, 7) is 7.56. The van der Waals surface area contributed by atoms with Gasteiger partial charge < -0.3 is 23.9 Å². The molecule has 5 rings (SSSR count). The number of aryl methyl sites for hydroxylation is 2. The molecule has 0 fully saturated rings. The van der Waals surface area contributed by atoms with Crippen LogP contribution >= 0.6 is 11.3 Å². The van der Waals surface area contributed by atoms with E-state index in [1.807, 2.05) is 51.1 Å². The summed E-state index contributed by atoms with van der Waals surface area (Å²) < 4.78 is 17.8. The van der Waals surface area contributed by atoms with Gasteiger partial charge in [0.05, 0.1) is 18.9 Å². The van der Waals surface area contributed by atoms with Gasteiger partial charge in [0.15, 0.2) is 0 Å². The molecule has 1 aliphatic rings. The molecule has 0 spiro atoms. The van der Waals surface area contributed by atoms with Gasteiger partial charge >= 0.3 is 12.1 Å². The molecule has 2 aromatic heterocycles. The van der Waals surface area contributed by atoms with Crippen LogP contribution in [-0.4, -0.2) is 46.8 Å². The summed E-state index contributed by atoms with van der Waals surface area (Å²) >= 11 is 1.70. The summed E-state index contributed by atoms with van der Waals surface area (Å²) in [5.74, 6) is 1.50. The molecule has 4 aromatic rings. The molecule has 1 aliphatic heterocycles.